The van der Waals surface area contributed by atoms with Crippen LogP contribution in [0.5, 0.6) is 0 Å². The molecule has 1 unspecified atom stereocenters. The predicted octanol–water partition coefficient (Wildman–Crippen LogP) is 1.73. The Morgan fingerprint density at radius 2 is 2.00 bits per heavy atom. The van der Waals surface area contributed by atoms with Gasteiger partial charge in [0.25, 0.3) is 0 Å². The Morgan fingerprint density at radius 1 is 1.31 bits per heavy atom. The zero-order valence-corrected chi connectivity index (χ0v) is 10.6. The van der Waals surface area contributed by atoms with E-state index in [0.717, 1.165) is 18.4 Å². The average molecular weight is 226 g/mol. The van der Waals surface area contributed by atoms with Crippen molar-refractivity contribution in [1.29, 1.82) is 0 Å². The van der Waals surface area contributed by atoms with E-state index in [0.29, 0.717) is 6.42 Å². The fourth-order valence-corrected chi connectivity index (χ4v) is 1.42. The minimum Gasteiger partial charge on any atom is -0.396 e. The molecule has 1 aromatic rings. The third-order valence-electron chi connectivity index (χ3n) is 2.23. The van der Waals surface area contributed by atoms with Crippen LogP contribution in [0.4, 0.5) is 0 Å². The molecule has 0 bridgehead atoms. The van der Waals surface area contributed by atoms with Gasteiger partial charge in [-0.3, -0.25) is 0 Å². The number of nitrogens with zero attached hydrogens (tertiary/aromatic N) is 1. The van der Waals surface area contributed by atoms with Gasteiger partial charge in [0.15, 0.2) is 12.4 Å². The minimum absolute atomic E-state index is 0.204. The van der Waals surface area contributed by atoms with Gasteiger partial charge in [-0.15, -0.1) is 0 Å². The topological polar surface area (TPSA) is 44.3 Å². The Bertz CT molecular complexity index is 276. The van der Waals surface area contributed by atoms with Gasteiger partial charge in [0, 0.05) is 18.2 Å². The highest BCUT2D eigenvalue weighted by Crippen LogP contribution is 2.16. The second-order valence-electron chi connectivity index (χ2n) is 3.54. The van der Waals surface area contributed by atoms with Gasteiger partial charge in [-0.1, -0.05) is 13.8 Å². The van der Waals surface area contributed by atoms with Crippen LogP contribution < -0.4 is 4.57 Å². The first kappa shape index (κ1) is 15.1. The third kappa shape index (κ3) is 5.83. The molecule has 0 aromatic carbocycles. The van der Waals surface area contributed by atoms with E-state index in [-0.39, 0.29) is 6.61 Å². The van der Waals surface area contributed by atoms with Crippen LogP contribution >= 0.6 is 0 Å². The van der Waals surface area contributed by atoms with Gasteiger partial charge in [-0.2, -0.15) is 0 Å². The largest absolute Gasteiger partial charge is 0.396 e. The molecule has 0 spiro atoms. The number of unbranched alkanes of at least 4 members (excludes halogenated alkanes) is 1. The summed E-state index contributed by atoms with van der Waals surface area (Å²) in [4.78, 5) is 0. The Morgan fingerprint density at radius 3 is 2.56 bits per heavy atom. The number of hydrogen-bond acceptors (Lipinski definition) is 2. The van der Waals surface area contributed by atoms with Crippen molar-refractivity contribution in [1.82, 2.24) is 0 Å². The molecule has 0 fully saturated rings. The summed E-state index contributed by atoms with van der Waals surface area (Å²) < 4.78 is 1.92. The first-order valence-electron chi connectivity index (χ1n) is 5.98. The summed E-state index contributed by atoms with van der Waals surface area (Å²) >= 11 is 0. The maximum Gasteiger partial charge on any atom is 0.174 e. The average Bonchev–Trinajstić information content (AvgIpc) is 2.32. The van der Waals surface area contributed by atoms with E-state index in [1.54, 1.807) is 0 Å². The maximum atomic E-state index is 9.78. The first-order chi connectivity index (χ1) is 7.74. The number of aromatic nitrogens is 1. The molecule has 0 aliphatic carbocycles. The van der Waals surface area contributed by atoms with E-state index in [1.165, 1.54) is 0 Å². The standard InChI is InChI=1S/C11H18NO2.C2H6/c1-12-7-4-5-10(9-12)11(14)6-2-3-8-13;1-2/h4-5,7,9,11,13-14H,2-3,6,8H2,1H3;1-2H3/q+1;. The third-order valence-corrected chi connectivity index (χ3v) is 2.23. The molecule has 0 amide bonds. The second-order valence-corrected chi connectivity index (χ2v) is 3.54. The summed E-state index contributed by atoms with van der Waals surface area (Å²) in [5, 5.41) is 18.4. The van der Waals surface area contributed by atoms with Crippen LogP contribution in [0, 0.1) is 0 Å². The van der Waals surface area contributed by atoms with E-state index in [9.17, 15) is 5.11 Å². The molecule has 0 saturated heterocycles. The molecule has 0 aliphatic rings. The van der Waals surface area contributed by atoms with Crippen molar-refractivity contribution in [2.24, 2.45) is 7.05 Å². The van der Waals surface area contributed by atoms with Gasteiger partial charge in [-0.05, 0) is 25.3 Å². The molecule has 2 N–H and O–H groups in total. The highest BCUT2D eigenvalue weighted by atomic mass is 16.3. The van der Waals surface area contributed by atoms with Crippen LogP contribution in [-0.2, 0) is 7.05 Å². The molecule has 16 heavy (non-hydrogen) atoms. The van der Waals surface area contributed by atoms with Gasteiger partial charge in [0.05, 0.1) is 6.10 Å². The highest BCUT2D eigenvalue weighted by molar-refractivity contribution is 5.08. The lowest BCUT2D eigenvalue weighted by molar-refractivity contribution is -0.672. The molecule has 1 heterocycles. The van der Waals surface area contributed by atoms with Crippen molar-refractivity contribution >= 4 is 0 Å². The highest BCUT2D eigenvalue weighted by Gasteiger charge is 2.09. The van der Waals surface area contributed by atoms with Crippen molar-refractivity contribution < 1.29 is 14.8 Å². The number of aliphatic hydroxyl groups is 2. The summed E-state index contributed by atoms with van der Waals surface area (Å²) in [7, 11) is 1.93. The van der Waals surface area contributed by atoms with E-state index >= 15 is 0 Å². The zero-order valence-electron chi connectivity index (χ0n) is 10.6. The lowest BCUT2D eigenvalue weighted by atomic mass is 10.1. The molecule has 0 saturated carbocycles. The van der Waals surface area contributed by atoms with Crippen LogP contribution in [0.15, 0.2) is 24.5 Å². The molecule has 1 aromatic heterocycles. The fourth-order valence-electron chi connectivity index (χ4n) is 1.42. The smallest absolute Gasteiger partial charge is 0.174 e. The van der Waals surface area contributed by atoms with Crippen LogP contribution in [0.3, 0.4) is 0 Å². The van der Waals surface area contributed by atoms with Crippen molar-refractivity contribution in [3.63, 3.8) is 0 Å². The summed E-state index contributed by atoms with van der Waals surface area (Å²) in [6, 6.07) is 3.84. The number of aryl methyl sites for hydroxylation is 1. The molecular formula is C13H24NO2+. The summed E-state index contributed by atoms with van der Waals surface area (Å²) in [6.45, 7) is 4.20. The zero-order chi connectivity index (χ0) is 12.4. The van der Waals surface area contributed by atoms with Gasteiger partial charge in [0.1, 0.15) is 7.05 Å². The van der Waals surface area contributed by atoms with Crippen molar-refractivity contribution in [3.8, 4) is 0 Å². The van der Waals surface area contributed by atoms with Crippen LogP contribution in [0.1, 0.15) is 44.8 Å². The fraction of sp³-hybridized carbons (Fsp3) is 0.615. The molecule has 92 valence electrons. The number of pyridine rings is 1. The SMILES string of the molecule is CC.C[n+]1cccc(C(O)CCCCO)c1. The van der Waals surface area contributed by atoms with Gasteiger partial charge < -0.3 is 10.2 Å². The molecular weight excluding hydrogens is 202 g/mol. The number of aliphatic hydroxyl groups excluding tert-OH is 2. The summed E-state index contributed by atoms with van der Waals surface area (Å²) in [5.74, 6) is 0. The molecule has 1 rings (SSSR count). The summed E-state index contributed by atoms with van der Waals surface area (Å²) in [6.07, 6.45) is 5.78. The van der Waals surface area contributed by atoms with Crippen LogP contribution in [0.2, 0.25) is 0 Å². The lowest BCUT2D eigenvalue weighted by Gasteiger charge is -2.08. The van der Waals surface area contributed by atoms with Gasteiger partial charge in [0.2, 0.25) is 0 Å². The van der Waals surface area contributed by atoms with E-state index < -0.39 is 6.10 Å². The first-order valence-corrected chi connectivity index (χ1v) is 5.98. The molecule has 3 nitrogen and oxygen atoms in total. The second kappa shape index (κ2) is 9.31. The Balaban J connectivity index is 0.00000106. The monoisotopic (exact) mass is 226 g/mol. The van der Waals surface area contributed by atoms with E-state index in [2.05, 4.69) is 0 Å². The Kier molecular flexibility index (Phi) is 8.77. The molecule has 0 radical (unpaired) electrons. The minimum atomic E-state index is -0.408. The normalized spacial score (nSPS) is 11.6. The Hall–Kier alpha value is -0.930. The lowest BCUT2D eigenvalue weighted by Crippen LogP contribution is -2.27. The van der Waals surface area contributed by atoms with Crippen molar-refractivity contribution in [2.45, 2.75) is 39.2 Å². The number of rotatable bonds is 5. The van der Waals surface area contributed by atoms with E-state index in [1.807, 2.05) is 50.0 Å². The van der Waals surface area contributed by atoms with Gasteiger partial charge in [-0.25, -0.2) is 4.57 Å². The quantitative estimate of drug-likeness (QED) is 0.593. The van der Waals surface area contributed by atoms with Crippen molar-refractivity contribution in [3.05, 3.63) is 30.1 Å². The van der Waals surface area contributed by atoms with Crippen LogP contribution in [-0.4, -0.2) is 16.8 Å². The summed E-state index contributed by atoms with van der Waals surface area (Å²) in [5.41, 5.74) is 0.938. The molecule has 1 atom stereocenters. The van der Waals surface area contributed by atoms with Gasteiger partial charge >= 0.3 is 0 Å². The Labute approximate surface area is 98.4 Å². The van der Waals surface area contributed by atoms with Crippen molar-refractivity contribution in [2.75, 3.05) is 6.61 Å². The molecule has 0 aliphatic heterocycles. The predicted molar refractivity (Wildman–Crippen MR) is 64.9 cm³/mol. The maximum absolute atomic E-state index is 9.78. The van der Waals surface area contributed by atoms with E-state index in [4.69, 9.17) is 5.11 Å². The number of hydrogen-bond donors (Lipinski definition) is 2. The molecule has 3 heteroatoms. The van der Waals surface area contributed by atoms with Crippen LogP contribution in [0.25, 0.3) is 0 Å².